The molecule has 0 aliphatic rings. The van der Waals surface area contributed by atoms with E-state index in [1.54, 1.807) is 6.08 Å². The van der Waals surface area contributed by atoms with Crippen molar-refractivity contribution in [1.29, 1.82) is 0 Å². The number of anilines is 3. The maximum Gasteiger partial charge on any atom is 0.328 e. The summed E-state index contributed by atoms with van der Waals surface area (Å²) in [4.78, 5) is 13.6. The molecule has 59 heavy (non-hydrogen) atoms. The molecule has 0 fully saturated rings. The number of hydrogen-bond donors (Lipinski definition) is 1. The zero-order valence-corrected chi connectivity index (χ0v) is 34.2. The van der Waals surface area contributed by atoms with Gasteiger partial charge in [-0.3, -0.25) is 0 Å². The highest BCUT2D eigenvalue weighted by atomic mass is 16.4. The van der Waals surface area contributed by atoms with Crippen LogP contribution < -0.4 is 4.90 Å². The van der Waals surface area contributed by atoms with E-state index in [0.717, 1.165) is 65.0 Å². The van der Waals surface area contributed by atoms with E-state index in [4.69, 9.17) is 0 Å². The highest BCUT2D eigenvalue weighted by molar-refractivity contribution is 5.93. The van der Waals surface area contributed by atoms with E-state index in [1.165, 1.54) is 50.6 Å². The van der Waals surface area contributed by atoms with Crippen LogP contribution in [0.25, 0.3) is 29.4 Å². The number of carboxylic acid groups (broad SMARTS) is 1. The van der Waals surface area contributed by atoms with Crippen LogP contribution in [0.2, 0.25) is 0 Å². The molecule has 0 radical (unpaired) electrons. The van der Waals surface area contributed by atoms with Gasteiger partial charge in [0, 0.05) is 23.1 Å². The lowest BCUT2D eigenvalue weighted by Crippen LogP contribution is -2.11. The maximum absolute atomic E-state index is 11.3. The highest BCUT2D eigenvalue weighted by Crippen LogP contribution is 2.38. The number of aryl methyl sites for hydroxylation is 3. The van der Waals surface area contributed by atoms with Gasteiger partial charge in [0.2, 0.25) is 0 Å². The number of carbonyl (C=O) groups is 1. The van der Waals surface area contributed by atoms with E-state index >= 15 is 0 Å². The number of hydrogen-bond acceptors (Lipinski definition) is 2. The van der Waals surface area contributed by atoms with Crippen LogP contribution in [0.1, 0.15) is 82.3 Å². The van der Waals surface area contributed by atoms with Crippen LogP contribution in [0.15, 0.2) is 182 Å². The Bertz CT molecular complexity index is 2400. The summed E-state index contributed by atoms with van der Waals surface area (Å²) >= 11 is 0. The molecular weight excluding hydrogens is 719 g/mol. The van der Waals surface area contributed by atoms with E-state index < -0.39 is 5.97 Å². The van der Waals surface area contributed by atoms with Crippen molar-refractivity contribution in [3.05, 3.63) is 238 Å². The van der Waals surface area contributed by atoms with E-state index in [0.29, 0.717) is 0 Å². The molecule has 0 aromatic heterocycles. The fourth-order valence-corrected chi connectivity index (χ4v) is 7.58. The van der Waals surface area contributed by atoms with Gasteiger partial charge >= 0.3 is 5.97 Å². The van der Waals surface area contributed by atoms with Crippen molar-refractivity contribution >= 4 is 52.4 Å². The molecule has 0 aliphatic carbocycles. The molecule has 0 amide bonds. The summed E-state index contributed by atoms with van der Waals surface area (Å²) in [6.07, 6.45) is 11.8. The van der Waals surface area contributed by atoms with Crippen molar-refractivity contribution in [2.24, 2.45) is 0 Å². The monoisotopic (exact) mass is 769 g/mol. The quantitative estimate of drug-likeness (QED) is 0.0834. The van der Waals surface area contributed by atoms with Crippen molar-refractivity contribution in [2.45, 2.75) is 46.5 Å². The lowest BCUT2D eigenvalue weighted by molar-refractivity contribution is -0.131. The molecule has 7 aromatic rings. The van der Waals surface area contributed by atoms with Crippen molar-refractivity contribution in [3.63, 3.8) is 0 Å². The zero-order chi connectivity index (χ0) is 41.0. The standard InChI is InChI=1S/C56H51NO2/c1-4-12-42-18-28-49(29-19-42)53(47-14-8-6-9-15-47)39-45-22-32-51(33-23-45)57(55-36-26-44(38-41(55)3)27-37-56(58)59)52-34-24-46(25-35-52)40-54(48-16-10-7-11-17-48)50-30-20-43(13-5-2)21-31-50/h6-11,14-40H,4-5,12-13H2,1-3H3,(H,58,59)/b37-27-,53-39+,54-40+. The molecule has 7 aromatic carbocycles. The smallest absolute Gasteiger partial charge is 0.328 e. The molecule has 3 nitrogen and oxygen atoms in total. The van der Waals surface area contributed by atoms with Gasteiger partial charge in [-0.2, -0.15) is 0 Å². The Kier molecular flexibility index (Phi) is 13.3. The van der Waals surface area contributed by atoms with Crippen LogP contribution >= 0.6 is 0 Å². The van der Waals surface area contributed by atoms with Gasteiger partial charge in [0.05, 0.1) is 0 Å². The number of carboxylic acids is 1. The first-order valence-electron chi connectivity index (χ1n) is 20.6. The van der Waals surface area contributed by atoms with Crippen LogP contribution in [0, 0.1) is 6.92 Å². The third kappa shape index (κ3) is 10.3. The van der Waals surface area contributed by atoms with E-state index in [-0.39, 0.29) is 0 Å². The van der Waals surface area contributed by atoms with Crippen LogP contribution in [0.4, 0.5) is 17.1 Å². The Morgan fingerprint density at radius 2 is 0.915 bits per heavy atom. The van der Waals surface area contributed by atoms with Gasteiger partial charge in [-0.1, -0.05) is 166 Å². The van der Waals surface area contributed by atoms with Gasteiger partial charge in [-0.25, -0.2) is 4.79 Å². The summed E-state index contributed by atoms with van der Waals surface area (Å²) in [5, 5.41) is 9.26. The Labute approximate surface area is 350 Å². The van der Waals surface area contributed by atoms with Gasteiger partial charge in [-0.05, 0) is 141 Å². The molecule has 292 valence electrons. The molecule has 0 saturated carbocycles. The lowest BCUT2D eigenvalue weighted by atomic mass is 9.94. The molecule has 0 bridgehead atoms. The summed E-state index contributed by atoms with van der Waals surface area (Å²) in [5.41, 5.74) is 16.9. The van der Waals surface area contributed by atoms with Crippen molar-refractivity contribution < 1.29 is 9.90 Å². The fourth-order valence-electron chi connectivity index (χ4n) is 7.58. The third-order valence-electron chi connectivity index (χ3n) is 10.6. The third-order valence-corrected chi connectivity index (χ3v) is 10.6. The Morgan fingerprint density at radius 3 is 1.31 bits per heavy atom. The first-order chi connectivity index (χ1) is 28.9. The molecule has 0 atom stereocenters. The molecule has 0 aliphatic heterocycles. The first-order valence-corrected chi connectivity index (χ1v) is 20.6. The minimum Gasteiger partial charge on any atom is -0.478 e. The van der Waals surface area contributed by atoms with Gasteiger partial charge < -0.3 is 10.0 Å². The van der Waals surface area contributed by atoms with Crippen LogP contribution in [-0.4, -0.2) is 11.1 Å². The second-order valence-corrected chi connectivity index (χ2v) is 15.0. The molecule has 0 heterocycles. The second-order valence-electron chi connectivity index (χ2n) is 15.0. The predicted octanol–water partition coefficient (Wildman–Crippen LogP) is 14.6. The Hall–Kier alpha value is -6.97. The van der Waals surface area contributed by atoms with Crippen molar-refractivity contribution in [3.8, 4) is 0 Å². The van der Waals surface area contributed by atoms with Crippen molar-refractivity contribution in [1.82, 2.24) is 0 Å². The Morgan fingerprint density at radius 1 is 0.508 bits per heavy atom. The summed E-state index contributed by atoms with van der Waals surface area (Å²) in [6, 6.07) is 62.7. The SMILES string of the molecule is CCCc1ccc(/C(=C/c2ccc(N(c3ccc(/C=C(\c4ccccc4)c4ccc(CCC)cc4)cc3)c3ccc(/C=C\C(=O)O)cc3C)cc2)c2ccccc2)cc1. The second kappa shape index (κ2) is 19.5. The number of nitrogens with zero attached hydrogens (tertiary/aromatic N) is 1. The molecule has 0 spiro atoms. The maximum atomic E-state index is 11.3. The number of aliphatic carboxylic acids is 1. The minimum absolute atomic E-state index is 0.835. The molecule has 0 saturated heterocycles. The predicted molar refractivity (Wildman–Crippen MR) is 250 cm³/mol. The van der Waals surface area contributed by atoms with Crippen LogP contribution in [0.5, 0.6) is 0 Å². The molecule has 7 rings (SSSR count). The number of rotatable bonds is 15. The van der Waals surface area contributed by atoms with Gasteiger partial charge in [0.1, 0.15) is 0 Å². The minimum atomic E-state index is -0.968. The average molecular weight is 770 g/mol. The van der Waals surface area contributed by atoms with E-state index in [9.17, 15) is 9.90 Å². The summed E-state index contributed by atoms with van der Waals surface area (Å²) in [5.74, 6) is -0.968. The van der Waals surface area contributed by atoms with Crippen molar-refractivity contribution in [2.75, 3.05) is 4.90 Å². The lowest BCUT2D eigenvalue weighted by Gasteiger charge is -2.27. The summed E-state index contributed by atoms with van der Waals surface area (Å²) in [6.45, 7) is 6.51. The molecule has 0 unspecified atom stereocenters. The zero-order valence-electron chi connectivity index (χ0n) is 34.2. The molecule has 3 heteroatoms. The van der Waals surface area contributed by atoms with Gasteiger partial charge in [0.25, 0.3) is 0 Å². The normalized spacial score (nSPS) is 11.8. The fraction of sp³-hybridized carbons (Fsp3) is 0.125. The number of benzene rings is 7. The van der Waals surface area contributed by atoms with Crippen LogP contribution in [-0.2, 0) is 17.6 Å². The first kappa shape index (κ1) is 40.2. The van der Waals surface area contributed by atoms with Gasteiger partial charge in [0.15, 0.2) is 0 Å². The average Bonchev–Trinajstić information content (AvgIpc) is 3.27. The van der Waals surface area contributed by atoms with Gasteiger partial charge in [-0.15, -0.1) is 0 Å². The molecule has 1 N–H and O–H groups in total. The molecular formula is C56H51NO2. The largest absolute Gasteiger partial charge is 0.478 e. The highest BCUT2D eigenvalue weighted by Gasteiger charge is 2.16. The Balaban J connectivity index is 1.27. The van der Waals surface area contributed by atoms with Crippen LogP contribution in [0.3, 0.4) is 0 Å². The summed E-state index contributed by atoms with van der Waals surface area (Å²) in [7, 11) is 0. The van der Waals surface area contributed by atoms with E-state index in [2.05, 4.69) is 202 Å². The van der Waals surface area contributed by atoms with E-state index in [1.807, 2.05) is 12.1 Å². The summed E-state index contributed by atoms with van der Waals surface area (Å²) < 4.78 is 0. The topological polar surface area (TPSA) is 40.5 Å².